The summed E-state index contributed by atoms with van der Waals surface area (Å²) in [6.07, 6.45) is 1.93. The van der Waals surface area contributed by atoms with Gasteiger partial charge in [-0.15, -0.1) is 0 Å². The number of piperidine rings is 1. The molecule has 1 aliphatic heterocycles. The Morgan fingerprint density at radius 1 is 1.50 bits per heavy atom. The van der Waals surface area contributed by atoms with Crippen LogP contribution in [0.3, 0.4) is 0 Å². The van der Waals surface area contributed by atoms with Gasteiger partial charge >= 0.3 is 12.0 Å². The van der Waals surface area contributed by atoms with Crippen molar-refractivity contribution < 1.29 is 19.8 Å². The second kappa shape index (κ2) is 6.04. The summed E-state index contributed by atoms with van der Waals surface area (Å²) in [4.78, 5) is 23.9. The van der Waals surface area contributed by atoms with E-state index in [9.17, 15) is 14.7 Å². The Hall–Kier alpha value is -1.30. The van der Waals surface area contributed by atoms with Crippen molar-refractivity contribution in [3.8, 4) is 0 Å². The van der Waals surface area contributed by atoms with Gasteiger partial charge in [-0.25, -0.2) is 4.79 Å². The van der Waals surface area contributed by atoms with Crippen molar-refractivity contribution >= 4 is 12.0 Å². The van der Waals surface area contributed by atoms with Crippen LogP contribution in [-0.2, 0) is 4.79 Å². The van der Waals surface area contributed by atoms with Gasteiger partial charge in [0.15, 0.2) is 0 Å². The number of hydrogen-bond acceptors (Lipinski definition) is 3. The van der Waals surface area contributed by atoms with Crippen LogP contribution < -0.4 is 5.32 Å². The molecule has 2 atom stereocenters. The van der Waals surface area contributed by atoms with Crippen LogP contribution in [0.4, 0.5) is 4.79 Å². The van der Waals surface area contributed by atoms with Gasteiger partial charge in [-0.1, -0.05) is 0 Å². The highest BCUT2D eigenvalue weighted by Gasteiger charge is 2.31. The number of hydrogen-bond donors (Lipinski definition) is 3. The second-order valence-electron chi connectivity index (χ2n) is 5.31. The van der Waals surface area contributed by atoms with Crippen LogP contribution in [0.2, 0.25) is 0 Å². The van der Waals surface area contributed by atoms with E-state index in [1.807, 2.05) is 0 Å². The van der Waals surface area contributed by atoms with Crippen molar-refractivity contribution in [1.82, 2.24) is 10.2 Å². The molecule has 104 valence electrons. The number of carboxylic acids is 1. The smallest absolute Gasteiger partial charge is 0.317 e. The normalized spacial score (nSPS) is 25.6. The highest BCUT2D eigenvalue weighted by Crippen LogP contribution is 2.20. The fourth-order valence-electron chi connectivity index (χ4n) is 2.11. The molecule has 1 heterocycles. The zero-order valence-corrected chi connectivity index (χ0v) is 11.0. The lowest BCUT2D eigenvalue weighted by Crippen LogP contribution is -2.53. The van der Waals surface area contributed by atoms with E-state index >= 15 is 0 Å². The first kappa shape index (κ1) is 14.8. The molecule has 1 fully saturated rings. The number of amides is 2. The summed E-state index contributed by atoms with van der Waals surface area (Å²) in [6.45, 7) is 4.46. The van der Waals surface area contributed by atoms with E-state index in [2.05, 4.69) is 5.32 Å². The van der Waals surface area contributed by atoms with Gasteiger partial charge in [-0.3, -0.25) is 4.79 Å². The first-order chi connectivity index (χ1) is 8.30. The summed E-state index contributed by atoms with van der Waals surface area (Å²) in [5.41, 5.74) is -0.820. The largest absolute Gasteiger partial charge is 0.481 e. The SMILES string of the molecule is CC(CCC(=O)O)NC(=O)N1CCCC(C)(O)C1. The van der Waals surface area contributed by atoms with E-state index in [1.165, 1.54) is 0 Å². The molecule has 0 aromatic carbocycles. The molecular formula is C12H22N2O4. The Morgan fingerprint density at radius 2 is 2.17 bits per heavy atom. The lowest BCUT2D eigenvalue weighted by atomic mass is 9.95. The number of carbonyl (C=O) groups excluding carboxylic acids is 1. The van der Waals surface area contributed by atoms with Crippen LogP contribution in [0.1, 0.15) is 39.5 Å². The molecule has 18 heavy (non-hydrogen) atoms. The summed E-state index contributed by atoms with van der Waals surface area (Å²) < 4.78 is 0. The van der Waals surface area contributed by atoms with Gasteiger partial charge in [0.25, 0.3) is 0 Å². The molecule has 0 aromatic rings. The minimum Gasteiger partial charge on any atom is -0.481 e. The van der Waals surface area contributed by atoms with Gasteiger partial charge in [0.1, 0.15) is 0 Å². The van der Waals surface area contributed by atoms with Gasteiger partial charge in [-0.05, 0) is 33.1 Å². The fraction of sp³-hybridized carbons (Fsp3) is 0.833. The van der Waals surface area contributed by atoms with Crippen LogP contribution >= 0.6 is 0 Å². The molecule has 0 saturated carbocycles. The molecule has 2 unspecified atom stereocenters. The first-order valence-electron chi connectivity index (χ1n) is 6.30. The first-order valence-corrected chi connectivity index (χ1v) is 6.30. The van der Waals surface area contributed by atoms with Crippen LogP contribution in [0.15, 0.2) is 0 Å². The maximum atomic E-state index is 11.9. The average Bonchev–Trinajstić information content (AvgIpc) is 2.25. The molecule has 1 aliphatic rings. The zero-order chi connectivity index (χ0) is 13.8. The summed E-state index contributed by atoms with van der Waals surface area (Å²) >= 11 is 0. The number of aliphatic carboxylic acids is 1. The number of urea groups is 1. The Bertz CT molecular complexity index is 317. The molecule has 0 spiro atoms. The molecule has 0 aromatic heterocycles. The molecule has 1 saturated heterocycles. The molecule has 3 N–H and O–H groups in total. The molecule has 6 nitrogen and oxygen atoms in total. The van der Waals surface area contributed by atoms with E-state index in [1.54, 1.807) is 18.7 Å². The predicted molar refractivity (Wildman–Crippen MR) is 66.3 cm³/mol. The number of nitrogens with one attached hydrogen (secondary N) is 1. The fourth-order valence-corrected chi connectivity index (χ4v) is 2.11. The van der Waals surface area contributed by atoms with Crippen molar-refractivity contribution in [1.29, 1.82) is 0 Å². The number of carboxylic acid groups (broad SMARTS) is 1. The quantitative estimate of drug-likeness (QED) is 0.695. The molecule has 2 amide bonds. The van der Waals surface area contributed by atoms with Crippen molar-refractivity contribution in [3.63, 3.8) is 0 Å². The van der Waals surface area contributed by atoms with Crippen molar-refractivity contribution in [2.75, 3.05) is 13.1 Å². The van der Waals surface area contributed by atoms with Crippen LogP contribution in [-0.4, -0.2) is 51.8 Å². The van der Waals surface area contributed by atoms with Crippen LogP contribution in [0.5, 0.6) is 0 Å². The van der Waals surface area contributed by atoms with Crippen molar-refractivity contribution in [3.05, 3.63) is 0 Å². The number of carbonyl (C=O) groups is 2. The lowest BCUT2D eigenvalue weighted by molar-refractivity contribution is -0.137. The number of nitrogens with zero attached hydrogens (tertiary/aromatic N) is 1. The molecule has 0 bridgehead atoms. The Kier molecular flexibility index (Phi) is 4.95. The maximum Gasteiger partial charge on any atom is 0.317 e. The molecule has 0 aliphatic carbocycles. The molecule has 1 rings (SSSR count). The Labute approximate surface area is 107 Å². The molecule has 6 heteroatoms. The summed E-state index contributed by atoms with van der Waals surface area (Å²) in [6, 6.07) is -0.409. The van der Waals surface area contributed by atoms with Gasteiger partial charge in [0, 0.05) is 19.0 Å². The second-order valence-corrected chi connectivity index (χ2v) is 5.31. The third-order valence-electron chi connectivity index (χ3n) is 3.12. The highest BCUT2D eigenvalue weighted by molar-refractivity contribution is 5.74. The zero-order valence-electron chi connectivity index (χ0n) is 11.0. The van der Waals surface area contributed by atoms with E-state index in [0.717, 1.165) is 6.42 Å². The third kappa shape index (κ3) is 4.91. The minimum absolute atomic E-state index is 0.0408. The third-order valence-corrected chi connectivity index (χ3v) is 3.12. The summed E-state index contributed by atoms with van der Waals surface area (Å²) in [5.74, 6) is -0.864. The molecule has 0 radical (unpaired) electrons. The lowest BCUT2D eigenvalue weighted by Gasteiger charge is -2.37. The monoisotopic (exact) mass is 258 g/mol. The van der Waals surface area contributed by atoms with E-state index in [4.69, 9.17) is 5.11 Å². The average molecular weight is 258 g/mol. The van der Waals surface area contributed by atoms with E-state index in [0.29, 0.717) is 25.9 Å². The van der Waals surface area contributed by atoms with Crippen molar-refractivity contribution in [2.24, 2.45) is 0 Å². The van der Waals surface area contributed by atoms with Crippen molar-refractivity contribution in [2.45, 2.75) is 51.2 Å². The predicted octanol–water partition coefficient (Wildman–Crippen LogP) is 0.796. The van der Waals surface area contributed by atoms with Gasteiger partial charge in [-0.2, -0.15) is 0 Å². The van der Waals surface area contributed by atoms with Gasteiger partial charge < -0.3 is 20.4 Å². The minimum atomic E-state index is -0.864. The highest BCUT2D eigenvalue weighted by atomic mass is 16.4. The topological polar surface area (TPSA) is 89.9 Å². The summed E-state index contributed by atoms with van der Waals surface area (Å²) in [5, 5.41) is 21.2. The standard InChI is InChI=1S/C12H22N2O4/c1-9(4-5-10(15)16)13-11(17)14-7-3-6-12(2,18)8-14/h9,18H,3-8H2,1-2H3,(H,13,17)(H,15,16). The van der Waals surface area contributed by atoms with E-state index in [-0.39, 0.29) is 18.5 Å². The molecular weight excluding hydrogens is 236 g/mol. The number of likely N-dealkylation sites (tertiary alicyclic amines) is 1. The Morgan fingerprint density at radius 3 is 2.72 bits per heavy atom. The van der Waals surface area contributed by atoms with Crippen LogP contribution in [0, 0.1) is 0 Å². The van der Waals surface area contributed by atoms with Gasteiger partial charge in [0.2, 0.25) is 0 Å². The number of aliphatic hydroxyl groups is 1. The Balaban J connectivity index is 2.38. The van der Waals surface area contributed by atoms with Gasteiger partial charge in [0.05, 0.1) is 12.1 Å². The van der Waals surface area contributed by atoms with Crippen LogP contribution in [0.25, 0.3) is 0 Å². The number of rotatable bonds is 4. The maximum absolute atomic E-state index is 11.9. The number of β-amino-alcohol motifs (C(OH)–C–C–N with tert-alkyl or cyclic N) is 1. The summed E-state index contributed by atoms with van der Waals surface area (Å²) in [7, 11) is 0. The van der Waals surface area contributed by atoms with E-state index < -0.39 is 11.6 Å².